The lowest BCUT2D eigenvalue weighted by Gasteiger charge is -2.24. The van der Waals surface area contributed by atoms with E-state index in [0.717, 1.165) is 5.56 Å². The molecule has 1 atom stereocenters. The first-order valence-electron chi connectivity index (χ1n) is 6.32. The van der Waals surface area contributed by atoms with Crippen LogP contribution in [0, 0.1) is 0 Å². The molecule has 0 radical (unpaired) electrons. The second-order valence-electron chi connectivity index (χ2n) is 4.61. The van der Waals surface area contributed by atoms with Crippen molar-refractivity contribution >= 4 is 34.4 Å². The molecule has 0 saturated heterocycles. The van der Waals surface area contributed by atoms with Crippen LogP contribution in [0.1, 0.15) is 32.3 Å². The number of carbonyl (C=O) groups excluding carboxylic acids is 2. The molecule has 0 aliphatic carbocycles. The number of hydrogen-bond acceptors (Lipinski definition) is 2. The van der Waals surface area contributed by atoms with Crippen molar-refractivity contribution in [3.8, 4) is 0 Å². The SMILES string of the molecule is O=C1c2ccccc2C(=O)N1[C@H](CI)c1ccccc1. The van der Waals surface area contributed by atoms with E-state index < -0.39 is 0 Å². The molecule has 3 nitrogen and oxygen atoms in total. The largest absolute Gasteiger partial charge is 0.269 e. The molecular weight excluding hydrogens is 365 g/mol. The van der Waals surface area contributed by atoms with E-state index in [4.69, 9.17) is 0 Å². The predicted molar refractivity (Wildman–Crippen MR) is 85.0 cm³/mol. The maximum Gasteiger partial charge on any atom is 0.262 e. The maximum absolute atomic E-state index is 12.5. The normalized spacial score (nSPS) is 15.3. The summed E-state index contributed by atoms with van der Waals surface area (Å²) in [7, 11) is 0. The van der Waals surface area contributed by atoms with Crippen LogP contribution in [0.2, 0.25) is 0 Å². The number of alkyl halides is 1. The van der Waals surface area contributed by atoms with Gasteiger partial charge in [0.05, 0.1) is 17.2 Å². The summed E-state index contributed by atoms with van der Waals surface area (Å²) in [5.41, 5.74) is 1.99. The third-order valence-electron chi connectivity index (χ3n) is 3.47. The number of hydrogen-bond donors (Lipinski definition) is 0. The van der Waals surface area contributed by atoms with Gasteiger partial charge in [0.2, 0.25) is 0 Å². The highest BCUT2D eigenvalue weighted by molar-refractivity contribution is 14.1. The minimum Gasteiger partial charge on any atom is -0.269 e. The van der Waals surface area contributed by atoms with E-state index in [9.17, 15) is 9.59 Å². The van der Waals surface area contributed by atoms with Crippen molar-refractivity contribution in [2.45, 2.75) is 6.04 Å². The van der Waals surface area contributed by atoms with Crippen molar-refractivity contribution in [2.75, 3.05) is 4.43 Å². The van der Waals surface area contributed by atoms with E-state index in [1.54, 1.807) is 24.3 Å². The number of benzene rings is 2. The van der Waals surface area contributed by atoms with Gasteiger partial charge in [-0.2, -0.15) is 0 Å². The van der Waals surface area contributed by atoms with Gasteiger partial charge in [-0.05, 0) is 17.7 Å². The first-order chi connectivity index (χ1) is 9.74. The lowest BCUT2D eigenvalue weighted by Crippen LogP contribution is -2.34. The monoisotopic (exact) mass is 377 g/mol. The summed E-state index contributed by atoms with van der Waals surface area (Å²) in [6, 6.07) is 16.5. The summed E-state index contributed by atoms with van der Waals surface area (Å²) in [4.78, 5) is 26.3. The van der Waals surface area contributed by atoms with E-state index in [1.807, 2.05) is 30.3 Å². The van der Waals surface area contributed by atoms with Gasteiger partial charge in [0, 0.05) is 4.43 Å². The zero-order valence-corrected chi connectivity index (χ0v) is 12.8. The fourth-order valence-electron chi connectivity index (χ4n) is 2.47. The zero-order valence-electron chi connectivity index (χ0n) is 10.6. The highest BCUT2D eigenvalue weighted by Gasteiger charge is 2.39. The van der Waals surface area contributed by atoms with Gasteiger partial charge in [-0.25, -0.2) is 0 Å². The van der Waals surface area contributed by atoms with Crippen LogP contribution in [-0.4, -0.2) is 21.1 Å². The molecule has 2 aromatic carbocycles. The second kappa shape index (κ2) is 5.36. The van der Waals surface area contributed by atoms with E-state index in [2.05, 4.69) is 22.6 Å². The van der Waals surface area contributed by atoms with Crippen LogP contribution in [0.5, 0.6) is 0 Å². The van der Waals surface area contributed by atoms with Crippen molar-refractivity contribution < 1.29 is 9.59 Å². The Balaban J connectivity index is 2.03. The van der Waals surface area contributed by atoms with Gasteiger partial charge in [0.25, 0.3) is 11.8 Å². The van der Waals surface area contributed by atoms with Crippen molar-refractivity contribution in [1.82, 2.24) is 4.90 Å². The quantitative estimate of drug-likeness (QED) is 0.467. The van der Waals surface area contributed by atoms with Gasteiger partial charge in [0.15, 0.2) is 0 Å². The average molecular weight is 377 g/mol. The van der Waals surface area contributed by atoms with Gasteiger partial charge < -0.3 is 0 Å². The minimum atomic E-state index is -0.218. The summed E-state index contributed by atoms with van der Waals surface area (Å²) in [5.74, 6) is -0.396. The second-order valence-corrected chi connectivity index (χ2v) is 5.49. The molecule has 0 unspecified atom stereocenters. The Hall–Kier alpha value is -1.69. The zero-order chi connectivity index (χ0) is 14.1. The number of halogens is 1. The number of amides is 2. The van der Waals surface area contributed by atoms with Gasteiger partial charge in [-0.1, -0.05) is 65.1 Å². The number of rotatable bonds is 3. The molecule has 4 heteroatoms. The van der Waals surface area contributed by atoms with Crippen LogP contribution in [0.25, 0.3) is 0 Å². The van der Waals surface area contributed by atoms with Crippen molar-refractivity contribution in [1.29, 1.82) is 0 Å². The third kappa shape index (κ3) is 2.04. The van der Waals surface area contributed by atoms with E-state index in [0.29, 0.717) is 15.6 Å². The molecule has 0 N–H and O–H groups in total. The summed E-state index contributed by atoms with van der Waals surface area (Å²) in [5, 5.41) is 0. The smallest absolute Gasteiger partial charge is 0.262 e. The number of nitrogens with zero attached hydrogens (tertiary/aromatic N) is 1. The molecule has 1 aliphatic heterocycles. The van der Waals surface area contributed by atoms with Gasteiger partial charge >= 0.3 is 0 Å². The van der Waals surface area contributed by atoms with Gasteiger partial charge in [0.1, 0.15) is 0 Å². The van der Waals surface area contributed by atoms with Crippen molar-refractivity contribution in [3.63, 3.8) is 0 Å². The molecule has 2 aromatic rings. The number of carbonyl (C=O) groups is 2. The number of imide groups is 1. The third-order valence-corrected chi connectivity index (χ3v) is 4.30. The molecule has 0 saturated carbocycles. The van der Waals surface area contributed by atoms with Crippen LogP contribution in [-0.2, 0) is 0 Å². The molecule has 20 heavy (non-hydrogen) atoms. The van der Waals surface area contributed by atoms with Crippen LogP contribution < -0.4 is 0 Å². The summed E-state index contributed by atoms with van der Waals surface area (Å²) in [6.07, 6.45) is 0. The maximum atomic E-state index is 12.5. The first-order valence-corrected chi connectivity index (χ1v) is 7.84. The minimum absolute atomic E-state index is 0.198. The fraction of sp³-hybridized carbons (Fsp3) is 0.125. The summed E-state index contributed by atoms with van der Waals surface area (Å²) < 4.78 is 0.674. The fourth-order valence-corrected chi connectivity index (χ4v) is 3.38. The predicted octanol–water partition coefficient (Wildman–Crippen LogP) is 3.46. The van der Waals surface area contributed by atoms with Gasteiger partial charge in [-0.3, -0.25) is 14.5 Å². The van der Waals surface area contributed by atoms with Gasteiger partial charge in [-0.15, -0.1) is 0 Å². The average Bonchev–Trinajstić information content (AvgIpc) is 2.75. The molecule has 0 aromatic heterocycles. The highest BCUT2D eigenvalue weighted by Crippen LogP contribution is 2.32. The Kier molecular flexibility index (Phi) is 3.56. The summed E-state index contributed by atoms with van der Waals surface area (Å²) in [6.45, 7) is 0. The molecule has 0 bridgehead atoms. The standard InChI is InChI=1S/C16H12INO2/c17-10-14(11-6-2-1-3-7-11)18-15(19)12-8-4-5-9-13(12)16(18)20/h1-9,14H,10H2/t14-/m1/s1. The lowest BCUT2D eigenvalue weighted by molar-refractivity contribution is 0.0600. The number of fused-ring (bicyclic) bond motifs is 1. The van der Waals surface area contributed by atoms with Crippen molar-refractivity contribution in [2.24, 2.45) is 0 Å². The highest BCUT2D eigenvalue weighted by atomic mass is 127. The molecule has 1 aliphatic rings. The van der Waals surface area contributed by atoms with Crippen LogP contribution >= 0.6 is 22.6 Å². The molecular formula is C16H12INO2. The van der Waals surface area contributed by atoms with E-state index in [1.165, 1.54) is 4.90 Å². The molecule has 3 rings (SSSR count). The summed E-state index contributed by atoms with van der Waals surface area (Å²) >= 11 is 2.22. The Morgan fingerprint density at radius 3 is 1.85 bits per heavy atom. The molecule has 1 heterocycles. The van der Waals surface area contributed by atoms with Crippen LogP contribution in [0.15, 0.2) is 54.6 Å². The molecule has 2 amide bonds. The first kappa shape index (κ1) is 13.3. The topological polar surface area (TPSA) is 37.4 Å². The Labute approximate surface area is 130 Å². The van der Waals surface area contributed by atoms with Crippen LogP contribution in [0.3, 0.4) is 0 Å². The molecule has 100 valence electrons. The van der Waals surface area contributed by atoms with E-state index in [-0.39, 0.29) is 17.9 Å². The molecule has 0 spiro atoms. The van der Waals surface area contributed by atoms with E-state index >= 15 is 0 Å². The lowest BCUT2D eigenvalue weighted by atomic mass is 10.1. The molecule has 0 fully saturated rings. The Bertz CT molecular complexity index is 634. The van der Waals surface area contributed by atoms with Crippen LogP contribution in [0.4, 0.5) is 0 Å². The van der Waals surface area contributed by atoms with Crippen molar-refractivity contribution in [3.05, 3.63) is 71.3 Å². The Morgan fingerprint density at radius 2 is 1.35 bits per heavy atom. The Morgan fingerprint density at radius 1 is 0.850 bits per heavy atom.